The second-order valence-corrected chi connectivity index (χ2v) is 6.35. The largest absolute Gasteiger partial charge is 0.506 e. The normalized spacial score (nSPS) is 17.1. The molecule has 6 heteroatoms. The van der Waals surface area contributed by atoms with Crippen LogP contribution in [0.25, 0.3) is 6.08 Å². The van der Waals surface area contributed by atoms with E-state index in [1.807, 2.05) is 42.5 Å². The zero-order valence-corrected chi connectivity index (χ0v) is 15.6. The molecule has 0 bridgehead atoms. The van der Waals surface area contributed by atoms with Crippen molar-refractivity contribution >= 4 is 18.0 Å². The number of fused-ring (bicyclic) bond motifs is 1. The lowest BCUT2D eigenvalue weighted by Gasteiger charge is -2.27. The van der Waals surface area contributed by atoms with Crippen molar-refractivity contribution in [2.45, 2.75) is 12.0 Å². The van der Waals surface area contributed by atoms with Gasteiger partial charge in [0, 0.05) is 12.0 Å². The Bertz CT molecular complexity index is 962. The standard InChI is InChI=1S/C22H21NO5/c1-27-21(25)16-12-14-10-6-7-11-15(14)17(18(20(16)24)22(26)28-2)19(23)13-8-4-3-5-9-13/h3-12,17,19,24H,23H2,1-2H3/t17-,19+/m0/s1. The van der Waals surface area contributed by atoms with Crippen LogP contribution in [0.3, 0.4) is 0 Å². The summed E-state index contributed by atoms with van der Waals surface area (Å²) in [4.78, 5) is 24.9. The van der Waals surface area contributed by atoms with Crippen molar-refractivity contribution in [1.29, 1.82) is 0 Å². The summed E-state index contributed by atoms with van der Waals surface area (Å²) in [5.74, 6) is -2.75. The van der Waals surface area contributed by atoms with Crippen molar-refractivity contribution < 1.29 is 24.2 Å². The molecule has 0 heterocycles. The first kappa shape index (κ1) is 19.4. The summed E-state index contributed by atoms with van der Waals surface area (Å²) in [6.07, 6.45) is 1.50. The van der Waals surface area contributed by atoms with Crippen LogP contribution in [0.1, 0.15) is 28.7 Å². The van der Waals surface area contributed by atoms with Gasteiger partial charge in [0.05, 0.1) is 19.8 Å². The molecule has 6 nitrogen and oxygen atoms in total. The van der Waals surface area contributed by atoms with Gasteiger partial charge < -0.3 is 20.3 Å². The highest BCUT2D eigenvalue weighted by atomic mass is 16.5. The average molecular weight is 379 g/mol. The van der Waals surface area contributed by atoms with Gasteiger partial charge in [0.2, 0.25) is 0 Å². The molecule has 1 aliphatic carbocycles. The molecule has 3 rings (SSSR count). The van der Waals surface area contributed by atoms with Gasteiger partial charge in [-0.25, -0.2) is 9.59 Å². The number of aliphatic hydroxyl groups is 1. The van der Waals surface area contributed by atoms with Crippen LogP contribution >= 0.6 is 0 Å². The number of esters is 2. The van der Waals surface area contributed by atoms with E-state index in [4.69, 9.17) is 15.2 Å². The lowest BCUT2D eigenvalue weighted by molar-refractivity contribution is -0.136. The van der Waals surface area contributed by atoms with Crippen molar-refractivity contribution in [3.8, 4) is 0 Å². The van der Waals surface area contributed by atoms with Crippen LogP contribution in [0.2, 0.25) is 0 Å². The maximum Gasteiger partial charge on any atom is 0.341 e. The van der Waals surface area contributed by atoms with E-state index in [1.54, 1.807) is 12.1 Å². The molecule has 2 atom stereocenters. The SMILES string of the molecule is COC(=O)C1=Cc2ccccc2[C@H]([C@H](N)c2ccccc2)C(C(=O)OC)=C1O. The van der Waals surface area contributed by atoms with Gasteiger partial charge in [0.1, 0.15) is 11.3 Å². The van der Waals surface area contributed by atoms with E-state index in [9.17, 15) is 14.7 Å². The Morgan fingerprint density at radius 2 is 1.57 bits per heavy atom. The number of carbonyl (C=O) groups excluding carboxylic acids is 2. The van der Waals surface area contributed by atoms with Crippen LogP contribution < -0.4 is 5.73 Å². The molecule has 0 saturated heterocycles. The summed E-state index contributed by atoms with van der Waals surface area (Å²) in [5.41, 5.74) is 8.48. The predicted molar refractivity (Wildman–Crippen MR) is 104 cm³/mol. The minimum Gasteiger partial charge on any atom is -0.506 e. The maximum atomic E-state index is 12.7. The van der Waals surface area contributed by atoms with Crippen LogP contribution in [-0.4, -0.2) is 31.3 Å². The highest BCUT2D eigenvalue weighted by Crippen LogP contribution is 2.42. The molecule has 0 unspecified atom stereocenters. The third-order valence-electron chi connectivity index (χ3n) is 4.81. The molecule has 0 amide bonds. The van der Waals surface area contributed by atoms with Crippen LogP contribution in [0, 0.1) is 0 Å². The van der Waals surface area contributed by atoms with Gasteiger partial charge in [-0.3, -0.25) is 0 Å². The molecule has 0 aromatic heterocycles. The summed E-state index contributed by atoms with van der Waals surface area (Å²) in [6, 6.07) is 15.8. The van der Waals surface area contributed by atoms with Gasteiger partial charge in [-0.15, -0.1) is 0 Å². The lowest BCUT2D eigenvalue weighted by atomic mass is 9.80. The Labute approximate surface area is 162 Å². The minimum absolute atomic E-state index is 0.0829. The summed E-state index contributed by atoms with van der Waals surface area (Å²) < 4.78 is 9.71. The molecule has 3 N–H and O–H groups in total. The molecule has 0 spiro atoms. The molecule has 1 aliphatic rings. The van der Waals surface area contributed by atoms with E-state index < -0.39 is 29.7 Å². The zero-order chi connectivity index (χ0) is 20.3. The topological polar surface area (TPSA) is 98.9 Å². The molecule has 2 aromatic carbocycles. The van der Waals surface area contributed by atoms with Crippen molar-refractivity contribution in [2.24, 2.45) is 5.73 Å². The van der Waals surface area contributed by atoms with Gasteiger partial charge in [0.15, 0.2) is 0 Å². The summed E-state index contributed by atoms with van der Waals surface area (Å²) >= 11 is 0. The summed E-state index contributed by atoms with van der Waals surface area (Å²) in [6.45, 7) is 0. The minimum atomic E-state index is -0.764. The van der Waals surface area contributed by atoms with Gasteiger partial charge >= 0.3 is 11.9 Å². The van der Waals surface area contributed by atoms with E-state index in [2.05, 4.69) is 0 Å². The number of hydrogen-bond acceptors (Lipinski definition) is 6. The second kappa shape index (κ2) is 8.10. The fraction of sp³-hybridized carbons (Fsp3) is 0.182. The Morgan fingerprint density at radius 1 is 0.964 bits per heavy atom. The second-order valence-electron chi connectivity index (χ2n) is 6.35. The number of rotatable bonds is 4. The van der Waals surface area contributed by atoms with Crippen LogP contribution in [0.4, 0.5) is 0 Å². The molecular weight excluding hydrogens is 358 g/mol. The van der Waals surface area contributed by atoms with E-state index in [0.29, 0.717) is 11.1 Å². The molecule has 0 radical (unpaired) electrons. The predicted octanol–water partition coefficient (Wildman–Crippen LogP) is 3.03. The van der Waals surface area contributed by atoms with E-state index >= 15 is 0 Å². The molecule has 144 valence electrons. The van der Waals surface area contributed by atoms with Crippen molar-refractivity contribution in [3.05, 3.63) is 88.2 Å². The first-order valence-electron chi connectivity index (χ1n) is 8.70. The fourth-order valence-corrected chi connectivity index (χ4v) is 3.44. The maximum absolute atomic E-state index is 12.7. The van der Waals surface area contributed by atoms with Crippen LogP contribution in [0.5, 0.6) is 0 Å². The summed E-state index contributed by atoms with van der Waals surface area (Å²) in [7, 11) is 2.42. The van der Waals surface area contributed by atoms with E-state index in [0.717, 1.165) is 5.56 Å². The molecule has 28 heavy (non-hydrogen) atoms. The molecule has 0 fully saturated rings. The Morgan fingerprint density at radius 3 is 2.21 bits per heavy atom. The molecule has 0 saturated carbocycles. The monoisotopic (exact) mass is 379 g/mol. The fourth-order valence-electron chi connectivity index (χ4n) is 3.44. The van der Waals surface area contributed by atoms with Gasteiger partial charge in [-0.1, -0.05) is 54.6 Å². The first-order valence-corrected chi connectivity index (χ1v) is 8.70. The Hall–Kier alpha value is -3.38. The van der Waals surface area contributed by atoms with Crippen molar-refractivity contribution in [1.82, 2.24) is 0 Å². The first-order chi connectivity index (χ1) is 13.5. The zero-order valence-electron chi connectivity index (χ0n) is 15.6. The molecule has 0 aliphatic heterocycles. The molecular formula is C22H21NO5. The number of hydrogen-bond donors (Lipinski definition) is 2. The third kappa shape index (κ3) is 3.42. The smallest absolute Gasteiger partial charge is 0.341 e. The van der Waals surface area contributed by atoms with Gasteiger partial charge in [0.25, 0.3) is 0 Å². The van der Waals surface area contributed by atoms with Crippen molar-refractivity contribution in [2.75, 3.05) is 14.2 Å². The van der Waals surface area contributed by atoms with E-state index in [1.165, 1.54) is 20.3 Å². The number of nitrogens with two attached hydrogens (primary N) is 1. The quantitative estimate of drug-likeness (QED) is 0.793. The highest BCUT2D eigenvalue weighted by Gasteiger charge is 2.38. The van der Waals surface area contributed by atoms with Crippen LogP contribution in [-0.2, 0) is 19.1 Å². The van der Waals surface area contributed by atoms with Gasteiger partial charge in [-0.05, 0) is 22.8 Å². The Kier molecular flexibility index (Phi) is 5.61. The number of methoxy groups -OCH3 is 2. The van der Waals surface area contributed by atoms with Crippen LogP contribution in [0.15, 0.2) is 71.5 Å². The van der Waals surface area contributed by atoms with E-state index in [-0.39, 0.29) is 11.1 Å². The lowest BCUT2D eigenvalue weighted by Crippen LogP contribution is -2.27. The average Bonchev–Trinajstić information content (AvgIpc) is 2.87. The van der Waals surface area contributed by atoms with Gasteiger partial charge in [-0.2, -0.15) is 0 Å². The number of benzene rings is 2. The molecule has 2 aromatic rings. The van der Waals surface area contributed by atoms with Crippen molar-refractivity contribution in [3.63, 3.8) is 0 Å². The third-order valence-corrected chi connectivity index (χ3v) is 4.81. The summed E-state index contributed by atoms with van der Waals surface area (Å²) in [5, 5.41) is 10.9. The Balaban J connectivity index is 2.30. The number of aliphatic hydroxyl groups excluding tert-OH is 1. The number of ether oxygens (including phenoxy) is 2. The highest BCUT2D eigenvalue weighted by molar-refractivity contribution is 6.03. The number of carbonyl (C=O) groups is 2.